The smallest absolute Gasteiger partial charge is 0.220 e. The van der Waals surface area contributed by atoms with E-state index in [-0.39, 0.29) is 12.5 Å². The summed E-state index contributed by atoms with van der Waals surface area (Å²) in [6, 6.07) is -0.617. The lowest BCUT2D eigenvalue weighted by atomic mass is 10.0. The Hall–Kier alpha value is -0.870. The molecule has 0 saturated heterocycles. The van der Waals surface area contributed by atoms with Crippen molar-refractivity contribution in [3.05, 3.63) is 12.2 Å². The molecule has 0 radical (unpaired) electrons. The number of rotatable bonds is 40. The van der Waals surface area contributed by atoms with Crippen molar-refractivity contribution in [3.8, 4) is 0 Å². The normalized spacial score (nSPS) is 13.1. The van der Waals surface area contributed by atoms with E-state index in [9.17, 15) is 15.0 Å². The third-order valence-corrected chi connectivity index (χ3v) is 10.4. The number of aliphatic hydroxyl groups excluding tert-OH is 2. The van der Waals surface area contributed by atoms with Gasteiger partial charge in [0, 0.05) is 6.42 Å². The molecule has 4 heteroatoms. The maximum atomic E-state index is 12.4. The first-order valence-electron chi connectivity index (χ1n) is 22.3. The number of aliphatic hydroxyl groups is 2. The van der Waals surface area contributed by atoms with Gasteiger partial charge in [0.1, 0.15) is 0 Å². The van der Waals surface area contributed by atoms with Crippen molar-refractivity contribution in [1.29, 1.82) is 0 Å². The second-order valence-electron chi connectivity index (χ2n) is 16.0. The summed E-state index contributed by atoms with van der Waals surface area (Å²) >= 11 is 0. The van der Waals surface area contributed by atoms with Gasteiger partial charge in [-0.2, -0.15) is 0 Å². The minimum atomic E-state index is -0.834. The van der Waals surface area contributed by atoms with Crippen LogP contribution in [-0.4, -0.2) is 34.9 Å². The first-order chi connectivity index (χ1) is 24.0. The third kappa shape index (κ3) is 38.2. The Morgan fingerprint density at radius 2 is 0.878 bits per heavy atom. The fraction of sp³-hybridized carbons (Fsp3) is 0.933. The summed E-state index contributed by atoms with van der Waals surface area (Å²) < 4.78 is 0. The molecule has 0 heterocycles. The number of amides is 1. The lowest BCUT2D eigenvalue weighted by Gasteiger charge is -2.20. The summed E-state index contributed by atoms with van der Waals surface area (Å²) in [7, 11) is 0. The van der Waals surface area contributed by atoms with E-state index in [4.69, 9.17) is 0 Å². The summed E-state index contributed by atoms with van der Waals surface area (Å²) in [5, 5.41) is 23.0. The summed E-state index contributed by atoms with van der Waals surface area (Å²) in [6.45, 7) is 6.65. The summed E-state index contributed by atoms with van der Waals surface area (Å²) in [4.78, 5) is 12.4. The van der Waals surface area contributed by atoms with Crippen LogP contribution in [0.1, 0.15) is 245 Å². The molecule has 0 aliphatic heterocycles. The average molecular weight is 692 g/mol. The van der Waals surface area contributed by atoms with Crippen LogP contribution >= 0.6 is 0 Å². The molecule has 0 aromatic heterocycles. The van der Waals surface area contributed by atoms with Crippen molar-refractivity contribution in [2.45, 2.75) is 258 Å². The van der Waals surface area contributed by atoms with Gasteiger partial charge in [0.15, 0.2) is 0 Å². The van der Waals surface area contributed by atoms with Crippen LogP contribution in [0.4, 0.5) is 0 Å². The number of allylic oxidation sites excluding steroid dienone is 1. The van der Waals surface area contributed by atoms with Crippen molar-refractivity contribution >= 4 is 5.91 Å². The van der Waals surface area contributed by atoms with Gasteiger partial charge in [0.05, 0.1) is 18.8 Å². The van der Waals surface area contributed by atoms with Crippen molar-refractivity contribution in [3.63, 3.8) is 0 Å². The van der Waals surface area contributed by atoms with Gasteiger partial charge in [0.2, 0.25) is 5.91 Å². The van der Waals surface area contributed by atoms with E-state index in [0.29, 0.717) is 6.42 Å². The predicted octanol–water partition coefficient (Wildman–Crippen LogP) is 13.7. The van der Waals surface area contributed by atoms with Crippen LogP contribution in [0.15, 0.2) is 12.2 Å². The Balaban J connectivity index is 3.46. The van der Waals surface area contributed by atoms with E-state index in [1.54, 1.807) is 6.08 Å². The van der Waals surface area contributed by atoms with E-state index in [2.05, 4.69) is 26.1 Å². The highest BCUT2D eigenvalue weighted by Gasteiger charge is 2.17. The Morgan fingerprint density at radius 1 is 0.531 bits per heavy atom. The molecule has 292 valence electrons. The van der Waals surface area contributed by atoms with Crippen LogP contribution in [0.25, 0.3) is 0 Å². The second kappa shape index (κ2) is 39.9. The van der Waals surface area contributed by atoms with Crippen molar-refractivity contribution in [1.82, 2.24) is 5.32 Å². The number of nitrogens with one attached hydrogen (secondary N) is 1. The van der Waals surface area contributed by atoms with Crippen LogP contribution in [0.3, 0.4) is 0 Å². The molecule has 49 heavy (non-hydrogen) atoms. The van der Waals surface area contributed by atoms with Gasteiger partial charge in [0.25, 0.3) is 0 Å². The minimum absolute atomic E-state index is 0.0611. The zero-order valence-electron chi connectivity index (χ0n) is 33.6. The zero-order valence-corrected chi connectivity index (χ0v) is 33.6. The Bertz CT molecular complexity index is 678. The molecule has 3 N–H and O–H groups in total. The summed E-state index contributed by atoms with van der Waals surface area (Å²) in [6.07, 6.45) is 49.1. The third-order valence-electron chi connectivity index (χ3n) is 10.4. The van der Waals surface area contributed by atoms with Gasteiger partial charge < -0.3 is 15.5 Å². The Kier molecular flexibility index (Phi) is 39.2. The number of hydrogen-bond donors (Lipinski definition) is 3. The van der Waals surface area contributed by atoms with Crippen molar-refractivity contribution < 1.29 is 15.0 Å². The molecule has 2 atom stereocenters. The van der Waals surface area contributed by atoms with E-state index in [1.165, 1.54) is 193 Å². The largest absolute Gasteiger partial charge is 0.394 e. The lowest BCUT2D eigenvalue weighted by Crippen LogP contribution is -2.45. The highest BCUT2D eigenvalue weighted by atomic mass is 16.3. The quantitative estimate of drug-likeness (QED) is 0.0442. The maximum absolute atomic E-state index is 12.4. The molecule has 0 spiro atoms. The number of unbranched alkanes of at least 4 members (excludes halogenated alkanes) is 31. The van der Waals surface area contributed by atoms with Crippen LogP contribution < -0.4 is 5.32 Å². The zero-order chi connectivity index (χ0) is 35.9. The summed E-state index contributed by atoms with van der Waals surface area (Å²) in [5.41, 5.74) is 0. The van der Waals surface area contributed by atoms with Gasteiger partial charge in [-0.3, -0.25) is 4.79 Å². The second-order valence-corrected chi connectivity index (χ2v) is 16.0. The van der Waals surface area contributed by atoms with Crippen molar-refractivity contribution in [2.75, 3.05) is 6.61 Å². The van der Waals surface area contributed by atoms with Crippen LogP contribution in [0.2, 0.25) is 0 Å². The first-order valence-corrected chi connectivity index (χ1v) is 22.3. The molecule has 0 aromatic rings. The molecule has 0 aliphatic carbocycles. The highest BCUT2D eigenvalue weighted by molar-refractivity contribution is 5.76. The number of carbonyl (C=O) groups excluding carboxylic acids is 1. The fourth-order valence-corrected chi connectivity index (χ4v) is 7.01. The van der Waals surface area contributed by atoms with Crippen LogP contribution in [0.5, 0.6) is 0 Å². The van der Waals surface area contributed by atoms with Crippen LogP contribution in [0, 0.1) is 5.92 Å². The number of carbonyl (C=O) groups is 1. The molecule has 0 saturated carbocycles. The molecule has 0 unspecified atom stereocenters. The van der Waals surface area contributed by atoms with Gasteiger partial charge in [-0.1, -0.05) is 232 Å². The van der Waals surface area contributed by atoms with Crippen molar-refractivity contribution in [2.24, 2.45) is 5.92 Å². The lowest BCUT2D eigenvalue weighted by molar-refractivity contribution is -0.123. The van der Waals surface area contributed by atoms with Gasteiger partial charge in [-0.15, -0.1) is 0 Å². The van der Waals surface area contributed by atoms with Gasteiger partial charge >= 0.3 is 0 Å². The Labute approximate surface area is 307 Å². The molecule has 1 amide bonds. The molecule has 0 aliphatic rings. The first kappa shape index (κ1) is 48.1. The van der Waals surface area contributed by atoms with E-state index in [0.717, 1.165) is 31.6 Å². The minimum Gasteiger partial charge on any atom is -0.394 e. The van der Waals surface area contributed by atoms with Crippen LogP contribution in [-0.2, 0) is 4.79 Å². The predicted molar refractivity (Wildman–Crippen MR) is 216 cm³/mol. The van der Waals surface area contributed by atoms with E-state index >= 15 is 0 Å². The monoisotopic (exact) mass is 692 g/mol. The molecule has 0 aromatic carbocycles. The standard InChI is InChI=1S/C45H89NO3/c1-4-5-6-7-8-9-10-11-12-13-14-15-16-17-18-19-20-21-22-23-24-28-31-34-37-40-45(49)46-43(41-47)44(48)39-36-33-30-27-25-26-29-32-35-38-42(2)3/h36,39,42-44,47-48H,4-35,37-38,40-41H2,1-3H3,(H,46,49)/b39-36+/t43-,44+/m0/s1. The summed E-state index contributed by atoms with van der Waals surface area (Å²) in [5.74, 6) is 0.762. The van der Waals surface area contributed by atoms with E-state index < -0.39 is 12.1 Å². The molecule has 4 nitrogen and oxygen atoms in total. The maximum Gasteiger partial charge on any atom is 0.220 e. The SMILES string of the molecule is CCCCCCCCCCCCCCCCCCCCCCCCCCCC(=O)N[C@@H](CO)[C@H](O)/C=C/CCCCCCCCCC(C)C. The molecular formula is C45H89NO3. The van der Waals surface area contributed by atoms with Gasteiger partial charge in [-0.05, 0) is 25.2 Å². The van der Waals surface area contributed by atoms with Gasteiger partial charge in [-0.25, -0.2) is 0 Å². The molecule has 0 fully saturated rings. The highest BCUT2D eigenvalue weighted by Crippen LogP contribution is 2.17. The average Bonchev–Trinajstić information content (AvgIpc) is 3.09. The molecule has 0 bridgehead atoms. The number of hydrogen-bond acceptors (Lipinski definition) is 3. The van der Waals surface area contributed by atoms with E-state index in [1.807, 2.05) is 6.08 Å². The molecule has 0 rings (SSSR count). The Morgan fingerprint density at radius 3 is 1.24 bits per heavy atom. The molecular weight excluding hydrogens is 602 g/mol. The topological polar surface area (TPSA) is 69.6 Å². The fourth-order valence-electron chi connectivity index (χ4n) is 7.01.